The molecule has 0 bridgehead atoms. The third-order valence-electron chi connectivity index (χ3n) is 4.74. The minimum absolute atomic E-state index is 0.0128. The van der Waals surface area contributed by atoms with Gasteiger partial charge in [0, 0.05) is 18.5 Å². The fourth-order valence-electron chi connectivity index (χ4n) is 3.71. The maximum Gasteiger partial charge on any atom is 0.320 e. The number of rotatable bonds is 4. The molecule has 1 aliphatic carbocycles. The van der Waals surface area contributed by atoms with E-state index in [0.717, 1.165) is 25.9 Å². The molecule has 2 aliphatic rings. The Kier molecular flexibility index (Phi) is 3.73. The Labute approximate surface area is 103 Å². The van der Waals surface area contributed by atoms with E-state index in [2.05, 4.69) is 4.90 Å². The van der Waals surface area contributed by atoms with Crippen LogP contribution in [-0.4, -0.2) is 46.8 Å². The van der Waals surface area contributed by atoms with Gasteiger partial charge in [0.1, 0.15) is 6.04 Å². The highest BCUT2D eigenvalue weighted by Gasteiger charge is 2.49. The van der Waals surface area contributed by atoms with E-state index in [1.54, 1.807) is 0 Å². The largest absolute Gasteiger partial charge is 0.480 e. The van der Waals surface area contributed by atoms with Gasteiger partial charge in [0.25, 0.3) is 0 Å². The maximum absolute atomic E-state index is 11.2. The molecule has 0 aromatic rings. The second-order valence-corrected chi connectivity index (χ2v) is 5.65. The lowest BCUT2D eigenvalue weighted by atomic mass is 9.69. The van der Waals surface area contributed by atoms with E-state index < -0.39 is 5.97 Å². The predicted octanol–water partition coefficient (Wildman–Crippen LogP) is 1.33. The summed E-state index contributed by atoms with van der Waals surface area (Å²) in [5, 5.41) is 18.9. The molecular weight excluding hydrogens is 218 g/mol. The van der Waals surface area contributed by atoms with Gasteiger partial charge in [0.2, 0.25) is 0 Å². The van der Waals surface area contributed by atoms with Gasteiger partial charge in [0.05, 0.1) is 6.61 Å². The highest BCUT2D eigenvalue weighted by atomic mass is 16.4. The van der Waals surface area contributed by atoms with Crippen molar-refractivity contribution in [3.05, 3.63) is 0 Å². The second kappa shape index (κ2) is 4.94. The van der Waals surface area contributed by atoms with Crippen LogP contribution in [0.1, 0.15) is 39.0 Å². The van der Waals surface area contributed by atoms with Crippen LogP contribution in [0, 0.1) is 11.3 Å². The highest BCUT2D eigenvalue weighted by Crippen LogP contribution is 2.47. The summed E-state index contributed by atoms with van der Waals surface area (Å²) < 4.78 is 0. The molecule has 2 fully saturated rings. The highest BCUT2D eigenvalue weighted by molar-refractivity contribution is 5.73. The van der Waals surface area contributed by atoms with Crippen LogP contribution in [0.2, 0.25) is 0 Å². The monoisotopic (exact) mass is 241 g/mol. The minimum atomic E-state index is -0.723. The van der Waals surface area contributed by atoms with Crippen LogP contribution in [0.5, 0.6) is 0 Å². The molecule has 1 aliphatic heterocycles. The first-order valence-electron chi connectivity index (χ1n) is 6.70. The fraction of sp³-hybridized carbons (Fsp3) is 0.923. The van der Waals surface area contributed by atoms with Crippen LogP contribution in [0.15, 0.2) is 0 Å². The Bertz CT molecular complexity index is 294. The van der Waals surface area contributed by atoms with Crippen molar-refractivity contribution >= 4 is 5.97 Å². The lowest BCUT2D eigenvalue weighted by Crippen LogP contribution is -2.41. The summed E-state index contributed by atoms with van der Waals surface area (Å²) in [6.07, 6.45) is 5.25. The molecule has 1 heterocycles. The maximum atomic E-state index is 11.2. The van der Waals surface area contributed by atoms with Gasteiger partial charge in [-0.1, -0.05) is 19.8 Å². The zero-order valence-corrected chi connectivity index (χ0v) is 10.6. The molecule has 1 saturated carbocycles. The van der Waals surface area contributed by atoms with Gasteiger partial charge >= 0.3 is 5.97 Å². The molecule has 3 atom stereocenters. The fourth-order valence-corrected chi connectivity index (χ4v) is 3.71. The standard InChI is InChI=1S/C13H23NO3/c1-2-11(12(16)17)14-7-10-5-3-4-6-13(10,8-14)9-15/h10-11,15H,2-9H2,1H3,(H,16,17)/t10-,11+,13-/m0/s1. The number of aliphatic hydroxyl groups excluding tert-OH is 1. The van der Waals surface area contributed by atoms with Crippen molar-refractivity contribution < 1.29 is 15.0 Å². The Balaban J connectivity index is 2.12. The Hall–Kier alpha value is -0.610. The number of aliphatic carboxylic acids is 1. The molecule has 0 aromatic carbocycles. The molecule has 0 spiro atoms. The summed E-state index contributed by atoms with van der Waals surface area (Å²) in [5.74, 6) is -0.228. The van der Waals surface area contributed by atoms with Crippen LogP contribution in [0.4, 0.5) is 0 Å². The lowest BCUT2D eigenvalue weighted by molar-refractivity contribution is -0.143. The molecule has 0 aromatic heterocycles. The van der Waals surface area contributed by atoms with Crippen LogP contribution in [0.3, 0.4) is 0 Å². The van der Waals surface area contributed by atoms with Gasteiger partial charge in [-0.2, -0.15) is 0 Å². The predicted molar refractivity (Wildman–Crippen MR) is 64.8 cm³/mol. The Morgan fingerprint density at radius 2 is 2.29 bits per heavy atom. The first kappa shape index (κ1) is 12.8. The van der Waals surface area contributed by atoms with Crippen molar-refractivity contribution in [1.29, 1.82) is 0 Å². The number of fused-ring (bicyclic) bond motifs is 1. The smallest absolute Gasteiger partial charge is 0.320 e. The van der Waals surface area contributed by atoms with Gasteiger partial charge in [-0.3, -0.25) is 9.69 Å². The number of hydrogen-bond acceptors (Lipinski definition) is 3. The van der Waals surface area contributed by atoms with Crippen molar-refractivity contribution in [3.63, 3.8) is 0 Å². The average Bonchev–Trinajstić information content (AvgIpc) is 2.69. The van der Waals surface area contributed by atoms with Gasteiger partial charge in [-0.25, -0.2) is 0 Å². The van der Waals surface area contributed by atoms with Crippen molar-refractivity contribution in [2.24, 2.45) is 11.3 Å². The van der Waals surface area contributed by atoms with E-state index in [9.17, 15) is 15.0 Å². The molecule has 4 nitrogen and oxygen atoms in total. The number of carboxylic acid groups (broad SMARTS) is 1. The molecule has 2 N–H and O–H groups in total. The summed E-state index contributed by atoms with van der Waals surface area (Å²) in [6, 6.07) is -0.371. The van der Waals surface area contributed by atoms with Crippen molar-refractivity contribution in [2.75, 3.05) is 19.7 Å². The number of carboxylic acids is 1. The molecule has 0 amide bonds. The molecular formula is C13H23NO3. The second-order valence-electron chi connectivity index (χ2n) is 5.65. The molecule has 2 rings (SSSR count). The Morgan fingerprint density at radius 1 is 1.53 bits per heavy atom. The van der Waals surface area contributed by atoms with Crippen LogP contribution >= 0.6 is 0 Å². The summed E-state index contributed by atoms with van der Waals surface area (Å²) in [6.45, 7) is 3.75. The van der Waals surface area contributed by atoms with Crippen molar-refractivity contribution in [3.8, 4) is 0 Å². The minimum Gasteiger partial charge on any atom is -0.480 e. The molecule has 1 saturated heterocycles. The van der Waals surface area contributed by atoms with Gasteiger partial charge in [-0.15, -0.1) is 0 Å². The van der Waals surface area contributed by atoms with Gasteiger partial charge in [-0.05, 0) is 25.2 Å². The number of nitrogens with zero attached hydrogens (tertiary/aromatic N) is 1. The topological polar surface area (TPSA) is 60.8 Å². The summed E-state index contributed by atoms with van der Waals surface area (Å²) >= 11 is 0. The number of likely N-dealkylation sites (tertiary alicyclic amines) is 1. The van der Waals surface area contributed by atoms with E-state index in [1.165, 1.54) is 12.8 Å². The average molecular weight is 241 g/mol. The van der Waals surface area contributed by atoms with E-state index in [1.807, 2.05) is 6.92 Å². The summed E-state index contributed by atoms with van der Waals surface area (Å²) in [5.41, 5.74) is -0.0128. The first-order chi connectivity index (χ1) is 8.13. The zero-order valence-electron chi connectivity index (χ0n) is 10.6. The SMILES string of the molecule is CC[C@H](C(=O)O)N1C[C@@H]2CCCC[C@@]2(CO)C1. The third-order valence-corrected chi connectivity index (χ3v) is 4.74. The van der Waals surface area contributed by atoms with Crippen LogP contribution in [0.25, 0.3) is 0 Å². The van der Waals surface area contributed by atoms with Gasteiger partial charge < -0.3 is 10.2 Å². The van der Waals surface area contributed by atoms with Crippen molar-refractivity contribution in [2.45, 2.75) is 45.1 Å². The molecule has 0 radical (unpaired) electrons. The van der Waals surface area contributed by atoms with Crippen LogP contribution < -0.4 is 0 Å². The van der Waals surface area contributed by atoms with E-state index in [0.29, 0.717) is 12.3 Å². The molecule has 0 unspecified atom stereocenters. The zero-order chi connectivity index (χ0) is 12.5. The Morgan fingerprint density at radius 3 is 2.82 bits per heavy atom. The van der Waals surface area contributed by atoms with E-state index >= 15 is 0 Å². The lowest BCUT2D eigenvalue weighted by Gasteiger charge is -2.37. The molecule has 17 heavy (non-hydrogen) atoms. The van der Waals surface area contributed by atoms with E-state index in [4.69, 9.17) is 0 Å². The quantitative estimate of drug-likeness (QED) is 0.779. The van der Waals surface area contributed by atoms with E-state index in [-0.39, 0.29) is 18.1 Å². The summed E-state index contributed by atoms with van der Waals surface area (Å²) in [4.78, 5) is 13.3. The first-order valence-corrected chi connectivity index (χ1v) is 6.70. The number of aliphatic hydroxyl groups is 1. The van der Waals surface area contributed by atoms with Gasteiger partial charge in [0.15, 0.2) is 0 Å². The normalized spacial score (nSPS) is 35.5. The number of hydrogen-bond donors (Lipinski definition) is 2. The molecule has 98 valence electrons. The number of carbonyl (C=O) groups is 1. The van der Waals surface area contributed by atoms with Crippen LogP contribution in [-0.2, 0) is 4.79 Å². The van der Waals surface area contributed by atoms with Crippen molar-refractivity contribution in [1.82, 2.24) is 4.90 Å². The molecule has 4 heteroatoms. The third kappa shape index (κ3) is 2.20. The summed E-state index contributed by atoms with van der Waals surface area (Å²) in [7, 11) is 0.